The molecular weight excluding hydrogens is 583 g/mol. The van der Waals surface area contributed by atoms with Gasteiger partial charge in [-0.15, -0.1) is 0 Å². The number of hydrogen-bond donors (Lipinski definition) is 0. The molecule has 3 heteroatoms. The molecule has 0 bridgehead atoms. The Hall–Kier alpha value is 1.22. The van der Waals surface area contributed by atoms with Gasteiger partial charge in [-0.25, -0.2) is 0 Å². The Morgan fingerprint density at radius 2 is 0.684 bits per heavy atom. The summed E-state index contributed by atoms with van der Waals surface area (Å²) in [6.07, 6.45) is 44.8. The van der Waals surface area contributed by atoms with Gasteiger partial charge in [0.2, 0.25) is 0 Å². The van der Waals surface area contributed by atoms with Crippen molar-refractivity contribution in [2.45, 2.75) is 195 Å². The summed E-state index contributed by atoms with van der Waals surface area (Å²) in [6.45, 7) is 2.69. The van der Waals surface area contributed by atoms with E-state index in [1.165, 1.54) is 34.0 Å². The van der Waals surface area contributed by atoms with Crippen LogP contribution in [0, 0.1) is 0 Å². The van der Waals surface area contributed by atoms with E-state index in [1.807, 2.05) is 5.57 Å². The second-order valence-electron chi connectivity index (χ2n) is 15.5. The van der Waals surface area contributed by atoms with Crippen molar-refractivity contribution in [2.24, 2.45) is 0 Å². The van der Waals surface area contributed by atoms with E-state index in [0.29, 0.717) is 0 Å². The Labute approximate surface area is 251 Å². The first kappa shape index (κ1) is 30.7. The number of rotatable bonds is 10. The van der Waals surface area contributed by atoms with Crippen molar-refractivity contribution in [3.8, 4) is 0 Å². The van der Waals surface area contributed by atoms with Crippen LogP contribution in [0.5, 0.6) is 0 Å². The molecule has 0 radical (unpaired) electrons. The van der Waals surface area contributed by atoms with Crippen molar-refractivity contribution < 1.29 is 19.5 Å². The smallest absolute Gasteiger partial charge is 0 e. The van der Waals surface area contributed by atoms with E-state index in [9.17, 15) is 0 Å². The molecule has 0 unspecified atom stereocenters. The zero-order valence-corrected chi connectivity index (χ0v) is 29.0. The van der Waals surface area contributed by atoms with Gasteiger partial charge in [0.05, 0.1) is 0 Å². The standard InChI is InChI=1S/C35H64P2.Ru/c1-29(28-37(33-20-8-9-21-33,34-22-10-11-23-34)35-24-12-13-25-35)26-27-36(30-14-2-3-15-30,31-16-4-5-17-31)32-18-6-7-19-32;/h26,30-37H,2-25,27-28H2,1H3;. The molecule has 0 aromatic rings. The average Bonchev–Trinajstić information content (AvgIpc) is 3.79. The van der Waals surface area contributed by atoms with Crippen LogP contribution in [0.2, 0.25) is 0 Å². The van der Waals surface area contributed by atoms with Crippen molar-refractivity contribution in [3.05, 3.63) is 11.6 Å². The molecule has 0 atom stereocenters. The van der Waals surface area contributed by atoms with Crippen molar-refractivity contribution in [1.82, 2.24) is 0 Å². The van der Waals surface area contributed by atoms with Crippen LogP contribution in [0.4, 0.5) is 0 Å². The fourth-order valence-corrected chi connectivity index (χ4v) is 29.2. The van der Waals surface area contributed by atoms with Crippen molar-refractivity contribution in [3.63, 3.8) is 0 Å². The van der Waals surface area contributed by atoms with E-state index >= 15 is 0 Å². The Morgan fingerprint density at radius 3 is 0.947 bits per heavy atom. The van der Waals surface area contributed by atoms with E-state index in [-0.39, 0.29) is 19.5 Å². The van der Waals surface area contributed by atoms with Crippen LogP contribution in [0.15, 0.2) is 11.6 Å². The summed E-state index contributed by atoms with van der Waals surface area (Å²) >= 11 is 0. The van der Waals surface area contributed by atoms with Crippen molar-refractivity contribution in [1.29, 1.82) is 0 Å². The third kappa shape index (κ3) is 6.00. The molecule has 6 saturated carbocycles. The molecule has 6 fully saturated rings. The van der Waals surface area contributed by atoms with Gasteiger partial charge in [0.25, 0.3) is 0 Å². The monoisotopic (exact) mass is 648 g/mol. The van der Waals surface area contributed by atoms with Gasteiger partial charge in [-0.3, -0.25) is 0 Å². The molecular formula is C35H64P2Ru. The molecule has 222 valence electrons. The number of hydrogen-bond acceptors (Lipinski definition) is 0. The minimum atomic E-state index is -1.30. The van der Waals surface area contributed by atoms with Crippen LogP contribution >= 0.6 is 14.5 Å². The summed E-state index contributed by atoms with van der Waals surface area (Å²) in [4.78, 5) is 0. The van der Waals surface area contributed by atoms with E-state index in [4.69, 9.17) is 0 Å². The van der Waals surface area contributed by atoms with Gasteiger partial charge in [0.15, 0.2) is 0 Å². The van der Waals surface area contributed by atoms with Gasteiger partial charge in [0, 0.05) is 19.5 Å². The van der Waals surface area contributed by atoms with Crippen LogP contribution in [0.1, 0.15) is 161 Å². The molecule has 0 N–H and O–H groups in total. The molecule has 6 rings (SSSR count). The summed E-state index contributed by atoms with van der Waals surface area (Å²) < 4.78 is 0. The Kier molecular flexibility index (Phi) is 11.4. The van der Waals surface area contributed by atoms with Gasteiger partial charge < -0.3 is 0 Å². The summed E-state index contributed by atoms with van der Waals surface area (Å²) in [5, 5.41) is 0. The summed E-state index contributed by atoms with van der Waals surface area (Å²) in [5.41, 5.74) is 9.14. The van der Waals surface area contributed by atoms with Crippen molar-refractivity contribution in [2.75, 3.05) is 12.3 Å². The predicted octanol–water partition coefficient (Wildman–Crippen LogP) is 11.1. The molecule has 6 aliphatic carbocycles. The van der Waals surface area contributed by atoms with E-state index < -0.39 is 14.5 Å². The molecule has 0 nitrogen and oxygen atoms in total. The van der Waals surface area contributed by atoms with Crippen LogP contribution in [-0.4, -0.2) is 46.3 Å². The first-order valence-electron chi connectivity index (χ1n) is 17.9. The largest absolute Gasteiger partial charge is 0 e. The van der Waals surface area contributed by atoms with Crippen LogP contribution in [0.3, 0.4) is 0 Å². The second kappa shape index (κ2) is 14.1. The molecule has 0 spiro atoms. The van der Waals surface area contributed by atoms with E-state index in [1.54, 1.807) is 166 Å². The first-order chi connectivity index (χ1) is 18.2. The molecule has 0 heterocycles. The quantitative estimate of drug-likeness (QED) is 0.126. The fraction of sp³-hybridized carbons (Fsp3) is 0.943. The van der Waals surface area contributed by atoms with Gasteiger partial charge in [-0.05, 0) is 0 Å². The van der Waals surface area contributed by atoms with Gasteiger partial charge in [0.1, 0.15) is 0 Å². The summed E-state index contributed by atoms with van der Waals surface area (Å²) in [5.74, 6) is 0. The van der Waals surface area contributed by atoms with E-state index in [2.05, 4.69) is 13.0 Å². The first-order valence-corrected chi connectivity index (χ1v) is 22.8. The second-order valence-corrected chi connectivity index (χ2v) is 25.7. The maximum atomic E-state index is 3.04. The molecule has 0 saturated heterocycles. The molecule has 0 amide bonds. The van der Waals surface area contributed by atoms with E-state index in [0.717, 1.165) is 0 Å². The Morgan fingerprint density at radius 1 is 0.447 bits per heavy atom. The molecule has 0 aromatic carbocycles. The van der Waals surface area contributed by atoms with Crippen LogP contribution < -0.4 is 0 Å². The predicted molar refractivity (Wildman–Crippen MR) is 174 cm³/mol. The Bertz CT molecular complexity index is 658. The Balaban J connectivity index is 0.00000294. The van der Waals surface area contributed by atoms with Gasteiger partial charge in [-0.2, -0.15) is 0 Å². The zero-order chi connectivity index (χ0) is 25.1. The summed E-state index contributed by atoms with van der Waals surface area (Å²) in [7, 11) is -2.59. The van der Waals surface area contributed by atoms with Gasteiger partial charge in [-0.1, -0.05) is 0 Å². The third-order valence-corrected chi connectivity index (χ3v) is 28.7. The third-order valence-electron chi connectivity index (χ3n) is 14.1. The topological polar surface area (TPSA) is 0 Å². The maximum Gasteiger partial charge on any atom is 0 e. The van der Waals surface area contributed by atoms with Crippen molar-refractivity contribution >= 4 is 14.5 Å². The zero-order valence-electron chi connectivity index (χ0n) is 25.3. The van der Waals surface area contributed by atoms with Crippen LogP contribution in [0.25, 0.3) is 0 Å². The van der Waals surface area contributed by atoms with Crippen LogP contribution in [-0.2, 0) is 19.5 Å². The number of allylic oxidation sites excluding steroid dienone is 2. The normalized spacial score (nSPS) is 29.1. The summed E-state index contributed by atoms with van der Waals surface area (Å²) in [6, 6.07) is 0. The maximum absolute atomic E-state index is 3.04. The average molecular weight is 648 g/mol. The SMILES string of the molecule is CC(=CC[PH](C1CCCC1)(C1CCCC1)C1CCCC1)C[PH](C1CCCC1)(C1CCCC1)C1CCCC1.[Ru]. The molecule has 0 aromatic heterocycles. The minimum absolute atomic E-state index is 0. The fourth-order valence-electron chi connectivity index (χ4n) is 12.6. The molecule has 38 heavy (non-hydrogen) atoms. The van der Waals surface area contributed by atoms with Gasteiger partial charge >= 0.3 is 233 Å². The minimum Gasteiger partial charge on any atom is 0 e. The molecule has 6 aliphatic rings. The molecule has 0 aliphatic heterocycles.